The molecule has 1 aromatic heterocycles. The summed E-state index contributed by atoms with van der Waals surface area (Å²) in [5, 5.41) is 6.90. The van der Waals surface area contributed by atoms with Crippen molar-refractivity contribution in [2.24, 2.45) is 0 Å². The van der Waals surface area contributed by atoms with Crippen LogP contribution in [0.15, 0.2) is 42.6 Å². The first-order valence-corrected chi connectivity index (χ1v) is 14.0. The van der Waals surface area contributed by atoms with Crippen molar-refractivity contribution < 1.29 is 18.1 Å². The van der Waals surface area contributed by atoms with Gasteiger partial charge in [-0.1, -0.05) is 24.1 Å². The topological polar surface area (TPSA) is 76.1 Å². The third-order valence-electron chi connectivity index (χ3n) is 5.63. The van der Waals surface area contributed by atoms with Gasteiger partial charge in [0.1, 0.15) is 17.9 Å². The van der Waals surface area contributed by atoms with E-state index in [2.05, 4.69) is 37.5 Å². The maximum Gasteiger partial charge on any atom is 0.387 e. The molecule has 10 heteroatoms. The molecule has 2 N–H and O–H groups in total. The van der Waals surface area contributed by atoms with Gasteiger partial charge in [-0.15, -0.1) is 0 Å². The normalized spacial score (nSPS) is 13.8. The highest BCUT2D eigenvalue weighted by molar-refractivity contribution is 7.70. The quantitative estimate of drug-likeness (QED) is 0.273. The lowest BCUT2D eigenvalue weighted by molar-refractivity contribution is -0.0497. The van der Waals surface area contributed by atoms with Gasteiger partial charge in [-0.05, 0) is 80.5 Å². The molecule has 0 atom stereocenters. The average molecular weight is 507 g/mol. The highest BCUT2D eigenvalue weighted by Gasteiger charge is 2.20. The maximum atomic E-state index is 12.8. The third-order valence-corrected chi connectivity index (χ3v) is 7.43. The Morgan fingerprint density at radius 3 is 2.53 bits per heavy atom. The van der Waals surface area contributed by atoms with Crippen LogP contribution >= 0.6 is 18.7 Å². The maximum absolute atomic E-state index is 12.8. The molecule has 0 aliphatic heterocycles. The minimum absolute atomic E-state index is 0.0705. The number of aryl methyl sites for hydroxylation is 2. The zero-order chi connectivity index (χ0) is 24.3. The number of alkyl halides is 2. The summed E-state index contributed by atoms with van der Waals surface area (Å²) in [4.78, 5) is 8.75. The molecule has 2 aromatic carbocycles. The van der Waals surface area contributed by atoms with Crippen LogP contribution in [0.2, 0.25) is 5.02 Å². The molecule has 1 aliphatic carbocycles. The first-order valence-electron chi connectivity index (χ1n) is 11.0. The Morgan fingerprint density at radius 1 is 1.03 bits per heavy atom. The Bertz CT molecular complexity index is 1240. The van der Waals surface area contributed by atoms with E-state index in [1.807, 2.05) is 6.07 Å². The number of rotatable bonds is 7. The Hall–Kier alpha value is -2.70. The minimum Gasteiger partial charge on any atom is -0.435 e. The van der Waals surface area contributed by atoms with Crippen molar-refractivity contribution in [3.8, 4) is 5.75 Å². The largest absolute Gasteiger partial charge is 0.435 e. The lowest BCUT2D eigenvalue weighted by Gasteiger charge is -2.17. The molecule has 180 valence electrons. The monoisotopic (exact) mass is 506 g/mol. The van der Waals surface area contributed by atoms with Gasteiger partial charge in [0, 0.05) is 11.0 Å². The SMILES string of the molecule is CP(C)(=O)c1cc(OC(F)F)ccc1Nc1nc(Nc2ccc3c(c2)CCCCC3)ncc1Cl. The highest BCUT2D eigenvalue weighted by Crippen LogP contribution is 2.40. The molecule has 0 bridgehead atoms. The summed E-state index contributed by atoms with van der Waals surface area (Å²) >= 11 is 6.32. The van der Waals surface area contributed by atoms with Crippen LogP contribution in [-0.4, -0.2) is 29.9 Å². The summed E-state index contributed by atoms with van der Waals surface area (Å²) in [5.74, 6) is 0.570. The van der Waals surface area contributed by atoms with E-state index in [1.54, 1.807) is 13.3 Å². The fourth-order valence-corrected chi connectivity index (χ4v) is 5.29. The predicted octanol–water partition coefficient (Wildman–Crippen LogP) is 6.74. The molecular formula is C24H26ClF2N4O2P. The standard InChI is InChI=1S/C24H26ClF2N4O2P/c1-34(2,32)21-13-18(33-23(26)27)10-11-20(21)30-22-19(25)14-28-24(31-22)29-17-9-8-15-6-4-3-5-7-16(15)12-17/h8-14,23H,3-7H2,1-2H3,(H2,28,29,30,31). The fraction of sp³-hybridized carbons (Fsp3) is 0.333. The number of nitrogens with one attached hydrogen (secondary N) is 2. The molecule has 0 unspecified atom stereocenters. The number of benzene rings is 2. The van der Waals surface area contributed by atoms with Gasteiger partial charge in [0.05, 0.1) is 11.9 Å². The first kappa shape index (κ1) is 24.4. The number of anilines is 4. The summed E-state index contributed by atoms with van der Waals surface area (Å²) in [6.07, 6.45) is 7.27. The second-order valence-electron chi connectivity index (χ2n) is 8.59. The lowest BCUT2D eigenvalue weighted by Crippen LogP contribution is -2.13. The van der Waals surface area contributed by atoms with Gasteiger partial charge in [-0.25, -0.2) is 4.98 Å². The zero-order valence-electron chi connectivity index (χ0n) is 18.9. The number of ether oxygens (including phenoxy) is 1. The van der Waals surface area contributed by atoms with Crippen molar-refractivity contribution in [1.82, 2.24) is 9.97 Å². The summed E-state index contributed by atoms with van der Waals surface area (Å²) in [7, 11) is -2.85. The van der Waals surface area contributed by atoms with Gasteiger partial charge < -0.3 is 19.9 Å². The zero-order valence-corrected chi connectivity index (χ0v) is 20.6. The third kappa shape index (κ3) is 6.05. The van der Waals surface area contributed by atoms with Gasteiger partial charge in [-0.2, -0.15) is 13.8 Å². The molecule has 0 saturated heterocycles. The van der Waals surface area contributed by atoms with Crippen molar-refractivity contribution in [1.29, 1.82) is 0 Å². The van der Waals surface area contributed by atoms with E-state index in [9.17, 15) is 13.3 Å². The van der Waals surface area contributed by atoms with E-state index in [0.717, 1.165) is 18.5 Å². The average Bonchev–Trinajstić information content (AvgIpc) is 3.01. The molecule has 0 spiro atoms. The van der Waals surface area contributed by atoms with Crippen molar-refractivity contribution in [2.45, 2.75) is 38.7 Å². The van der Waals surface area contributed by atoms with E-state index >= 15 is 0 Å². The molecule has 0 saturated carbocycles. The van der Waals surface area contributed by atoms with Crippen LogP contribution in [0, 0.1) is 0 Å². The van der Waals surface area contributed by atoms with Gasteiger partial charge in [-0.3, -0.25) is 0 Å². The molecule has 4 rings (SSSR count). The van der Waals surface area contributed by atoms with Crippen molar-refractivity contribution in [3.05, 3.63) is 58.7 Å². The van der Waals surface area contributed by atoms with Gasteiger partial charge >= 0.3 is 6.61 Å². The molecular weight excluding hydrogens is 481 g/mol. The van der Waals surface area contributed by atoms with E-state index in [-0.39, 0.29) is 10.8 Å². The van der Waals surface area contributed by atoms with Crippen LogP contribution in [0.25, 0.3) is 0 Å². The van der Waals surface area contributed by atoms with E-state index < -0.39 is 13.8 Å². The van der Waals surface area contributed by atoms with Crippen LogP contribution in [0.4, 0.5) is 31.9 Å². The van der Waals surface area contributed by atoms with Gasteiger partial charge in [0.25, 0.3) is 0 Å². The Morgan fingerprint density at radius 2 is 1.79 bits per heavy atom. The molecule has 1 heterocycles. The van der Waals surface area contributed by atoms with Gasteiger partial charge in [0.15, 0.2) is 5.82 Å². The smallest absolute Gasteiger partial charge is 0.387 e. The van der Waals surface area contributed by atoms with Crippen LogP contribution < -0.4 is 20.7 Å². The van der Waals surface area contributed by atoms with Gasteiger partial charge in [0.2, 0.25) is 5.95 Å². The summed E-state index contributed by atoms with van der Waals surface area (Å²) in [5.41, 5.74) is 4.05. The van der Waals surface area contributed by atoms with Crippen molar-refractivity contribution >= 4 is 47.2 Å². The molecule has 0 fully saturated rings. The lowest BCUT2D eigenvalue weighted by atomic mass is 10.0. The second kappa shape index (κ2) is 10.3. The van der Waals surface area contributed by atoms with Crippen LogP contribution in [0.5, 0.6) is 5.75 Å². The van der Waals surface area contributed by atoms with Crippen molar-refractivity contribution in [2.75, 3.05) is 24.0 Å². The summed E-state index contributed by atoms with van der Waals surface area (Å²) in [6, 6.07) is 10.5. The molecule has 3 aromatic rings. The van der Waals surface area contributed by atoms with Crippen LogP contribution in [0.1, 0.15) is 30.4 Å². The molecule has 34 heavy (non-hydrogen) atoms. The molecule has 1 aliphatic rings. The number of nitrogens with zero attached hydrogens (tertiary/aromatic N) is 2. The number of aromatic nitrogens is 2. The number of hydrogen-bond donors (Lipinski definition) is 2. The van der Waals surface area contributed by atoms with E-state index in [1.165, 1.54) is 54.8 Å². The Balaban J connectivity index is 1.60. The van der Waals surface area contributed by atoms with Crippen molar-refractivity contribution in [3.63, 3.8) is 0 Å². The van der Waals surface area contributed by atoms with E-state index in [0.29, 0.717) is 22.8 Å². The number of fused-ring (bicyclic) bond motifs is 1. The Labute approximate surface area is 202 Å². The van der Waals surface area contributed by atoms with E-state index in [4.69, 9.17) is 11.6 Å². The second-order valence-corrected chi connectivity index (χ2v) is 12.2. The minimum atomic E-state index is -2.97. The highest BCUT2D eigenvalue weighted by atomic mass is 35.5. The molecule has 0 amide bonds. The predicted molar refractivity (Wildman–Crippen MR) is 133 cm³/mol. The molecule has 6 nitrogen and oxygen atoms in total. The summed E-state index contributed by atoms with van der Waals surface area (Å²) in [6.45, 7) is 0.122. The summed E-state index contributed by atoms with van der Waals surface area (Å²) < 4.78 is 42.6. The van der Waals surface area contributed by atoms with Crippen LogP contribution in [-0.2, 0) is 17.4 Å². The molecule has 0 radical (unpaired) electrons. The number of halogens is 3. The Kier molecular flexibility index (Phi) is 7.39. The number of hydrogen-bond acceptors (Lipinski definition) is 6. The van der Waals surface area contributed by atoms with Crippen LogP contribution in [0.3, 0.4) is 0 Å². The fourth-order valence-electron chi connectivity index (χ4n) is 4.00. The first-order chi connectivity index (χ1) is 16.2.